The summed E-state index contributed by atoms with van der Waals surface area (Å²) in [5.41, 5.74) is 0. The van der Waals surface area contributed by atoms with Crippen LogP contribution in [-0.2, 0) is 38.7 Å². The van der Waals surface area contributed by atoms with E-state index in [0.29, 0.717) is 12.8 Å². The summed E-state index contributed by atoms with van der Waals surface area (Å²) in [4.78, 5) is 25.5. The molecule has 0 aromatic carbocycles. The van der Waals surface area contributed by atoms with Crippen molar-refractivity contribution in [2.24, 2.45) is 0 Å². The van der Waals surface area contributed by atoms with Crippen molar-refractivity contribution in [2.75, 3.05) is 19.0 Å². The zero-order chi connectivity index (χ0) is 46.9. The number of hydrogen-bond acceptors (Lipinski definition) is 11. The first-order chi connectivity index (χ1) is 31.0. The van der Waals surface area contributed by atoms with Gasteiger partial charge in [0.05, 0.1) is 6.61 Å². The van der Waals surface area contributed by atoms with Gasteiger partial charge in [0, 0.05) is 12.8 Å². The highest BCUT2D eigenvalue weighted by molar-refractivity contribution is 7.85. The van der Waals surface area contributed by atoms with Gasteiger partial charge in [-0.25, -0.2) is 0 Å². The average molecular weight is 929 g/mol. The molecule has 1 fully saturated rings. The minimum atomic E-state index is -4.61. The van der Waals surface area contributed by atoms with E-state index in [0.717, 1.165) is 64.2 Å². The van der Waals surface area contributed by atoms with Gasteiger partial charge in [-0.05, 0) is 70.6 Å². The fraction of sp³-hybridized carbons (Fsp3) is 0.843. The SMILES string of the molecule is CCCCC/C=C\C/C=C\CCCCCCCCCCCC(=O)OC(COC(=O)CCCCCCCCC/C=C\CCCCCCCC)COC1OC(CS(=O)(=O)O)C(O)C(O)C1O. The first kappa shape index (κ1) is 59.9. The van der Waals surface area contributed by atoms with Gasteiger partial charge in [0.2, 0.25) is 0 Å². The van der Waals surface area contributed by atoms with Gasteiger partial charge in [0.15, 0.2) is 12.4 Å². The Bertz CT molecular complexity index is 1320. The maximum atomic E-state index is 12.9. The predicted octanol–water partition coefficient (Wildman–Crippen LogP) is 11.3. The first-order valence-corrected chi connectivity index (χ1v) is 27.2. The zero-order valence-electron chi connectivity index (χ0n) is 40.1. The van der Waals surface area contributed by atoms with Crippen LogP contribution >= 0.6 is 0 Å². The number of aliphatic hydroxyl groups is 3. The van der Waals surface area contributed by atoms with E-state index in [-0.39, 0.29) is 19.4 Å². The summed E-state index contributed by atoms with van der Waals surface area (Å²) in [5.74, 6) is -1.99. The highest BCUT2D eigenvalue weighted by Gasteiger charge is 2.46. The van der Waals surface area contributed by atoms with Gasteiger partial charge >= 0.3 is 11.9 Å². The third kappa shape index (κ3) is 35.1. The Labute approximate surface area is 389 Å². The molecule has 0 aromatic rings. The topological polar surface area (TPSA) is 186 Å². The highest BCUT2D eigenvalue weighted by atomic mass is 32.2. The molecule has 1 aliphatic rings. The number of aliphatic hydroxyl groups excluding tert-OH is 3. The molecule has 1 saturated heterocycles. The van der Waals surface area contributed by atoms with Crippen molar-refractivity contribution in [3.8, 4) is 0 Å². The van der Waals surface area contributed by atoms with Gasteiger partial charge in [-0.3, -0.25) is 14.1 Å². The summed E-state index contributed by atoms with van der Waals surface area (Å²) in [5, 5.41) is 31.0. The lowest BCUT2D eigenvalue weighted by atomic mass is 10.00. The largest absolute Gasteiger partial charge is 0.462 e. The Hall–Kier alpha value is -2.13. The van der Waals surface area contributed by atoms with Crippen LogP contribution in [0.3, 0.4) is 0 Å². The van der Waals surface area contributed by atoms with Crippen LogP contribution in [0.4, 0.5) is 0 Å². The second-order valence-corrected chi connectivity index (χ2v) is 19.3. The smallest absolute Gasteiger partial charge is 0.306 e. The molecule has 0 aliphatic carbocycles. The Morgan fingerprint density at radius 1 is 0.531 bits per heavy atom. The van der Waals surface area contributed by atoms with Crippen molar-refractivity contribution in [1.82, 2.24) is 0 Å². The van der Waals surface area contributed by atoms with Gasteiger partial charge in [-0.1, -0.05) is 172 Å². The Morgan fingerprint density at radius 3 is 1.42 bits per heavy atom. The molecular weight excluding hydrogens is 837 g/mol. The molecule has 0 amide bonds. The van der Waals surface area contributed by atoms with Crippen LogP contribution in [0, 0.1) is 0 Å². The number of carbonyl (C=O) groups excluding carboxylic acids is 2. The van der Waals surface area contributed by atoms with Crippen molar-refractivity contribution < 1.29 is 56.8 Å². The van der Waals surface area contributed by atoms with Crippen molar-refractivity contribution in [3.05, 3.63) is 36.5 Å². The second-order valence-electron chi connectivity index (χ2n) is 17.8. The summed E-state index contributed by atoms with van der Waals surface area (Å²) in [6.07, 6.45) is 38.9. The molecule has 1 rings (SSSR count). The van der Waals surface area contributed by atoms with Crippen LogP contribution in [0.1, 0.15) is 219 Å². The standard InChI is InChI=1S/C51H92O12S/c1-3-5-7-9-11-13-15-17-19-21-22-24-26-28-30-32-34-36-38-40-47(53)62-44(42-61-51-50(56)49(55)48(54)45(63-51)43-64(57,58)59)41-60-46(52)39-37-35-33-31-29-27-25-23-20-18-16-14-12-10-8-6-4-2/h11,13,17-20,44-45,48-51,54-56H,3-10,12,14-16,21-43H2,1-2H3,(H,57,58,59)/b13-11-,19-17-,20-18-. The zero-order valence-corrected chi connectivity index (χ0v) is 41.0. The molecule has 0 spiro atoms. The number of hydrogen-bond donors (Lipinski definition) is 4. The minimum absolute atomic E-state index is 0.159. The van der Waals surface area contributed by atoms with Gasteiger partial charge in [0.25, 0.3) is 10.1 Å². The van der Waals surface area contributed by atoms with Crippen molar-refractivity contribution in [3.63, 3.8) is 0 Å². The molecule has 1 aliphatic heterocycles. The molecule has 12 nitrogen and oxygen atoms in total. The highest BCUT2D eigenvalue weighted by Crippen LogP contribution is 2.24. The second kappa shape index (κ2) is 41.1. The Kier molecular flexibility index (Phi) is 38.4. The number of esters is 2. The summed E-state index contributed by atoms with van der Waals surface area (Å²) in [6, 6.07) is 0. The number of ether oxygens (including phenoxy) is 4. The average Bonchev–Trinajstić information content (AvgIpc) is 3.26. The van der Waals surface area contributed by atoms with Crippen molar-refractivity contribution in [1.29, 1.82) is 0 Å². The van der Waals surface area contributed by atoms with E-state index >= 15 is 0 Å². The van der Waals surface area contributed by atoms with Crippen LogP contribution in [0.15, 0.2) is 36.5 Å². The van der Waals surface area contributed by atoms with Gasteiger partial charge < -0.3 is 34.3 Å². The van der Waals surface area contributed by atoms with Crippen LogP contribution < -0.4 is 0 Å². The molecule has 13 heteroatoms. The summed E-state index contributed by atoms with van der Waals surface area (Å²) >= 11 is 0. The molecule has 0 bridgehead atoms. The lowest BCUT2D eigenvalue weighted by molar-refractivity contribution is -0.297. The molecular formula is C51H92O12S. The number of unbranched alkanes of at least 4 members (excludes halogenated alkanes) is 25. The predicted molar refractivity (Wildman–Crippen MR) is 256 cm³/mol. The molecule has 0 aromatic heterocycles. The molecule has 64 heavy (non-hydrogen) atoms. The summed E-state index contributed by atoms with van der Waals surface area (Å²) < 4.78 is 54.2. The van der Waals surface area contributed by atoms with Crippen molar-refractivity contribution in [2.45, 2.75) is 256 Å². The third-order valence-electron chi connectivity index (χ3n) is 11.7. The quantitative estimate of drug-likeness (QED) is 0.0196. The number of carbonyl (C=O) groups is 2. The fourth-order valence-electron chi connectivity index (χ4n) is 7.70. The maximum absolute atomic E-state index is 12.9. The van der Waals surface area contributed by atoms with E-state index in [1.807, 2.05) is 0 Å². The molecule has 0 saturated carbocycles. The van der Waals surface area contributed by atoms with E-state index < -0.39 is 71.2 Å². The van der Waals surface area contributed by atoms with Gasteiger partial charge in [-0.15, -0.1) is 0 Å². The van der Waals surface area contributed by atoms with Gasteiger partial charge in [-0.2, -0.15) is 8.42 Å². The van der Waals surface area contributed by atoms with Crippen molar-refractivity contribution >= 4 is 22.1 Å². The van der Waals surface area contributed by atoms with Crippen LogP contribution in [0.2, 0.25) is 0 Å². The van der Waals surface area contributed by atoms with Gasteiger partial charge in [0.1, 0.15) is 36.8 Å². The van der Waals surface area contributed by atoms with Crippen LogP contribution in [-0.4, -0.2) is 96.0 Å². The van der Waals surface area contributed by atoms with E-state index in [1.54, 1.807) is 0 Å². The minimum Gasteiger partial charge on any atom is -0.462 e. The lowest BCUT2D eigenvalue weighted by Gasteiger charge is -2.40. The van der Waals surface area contributed by atoms with Crippen LogP contribution in [0.5, 0.6) is 0 Å². The monoisotopic (exact) mass is 929 g/mol. The third-order valence-corrected chi connectivity index (χ3v) is 12.4. The Morgan fingerprint density at radius 2 is 0.938 bits per heavy atom. The van der Waals surface area contributed by atoms with E-state index in [4.69, 9.17) is 18.9 Å². The summed E-state index contributed by atoms with van der Waals surface area (Å²) in [7, 11) is -4.61. The number of rotatable bonds is 43. The van der Waals surface area contributed by atoms with E-state index in [9.17, 15) is 37.9 Å². The molecule has 4 N–H and O–H groups in total. The van der Waals surface area contributed by atoms with Crippen LogP contribution in [0.25, 0.3) is 0 Å². The fourth-order valence-corrected chi connectivity index (χ4v) is 8.39. The normalized spacial score (nSPS) is 19.9. The first-order valence-electron chi connectivity index (χ1n) is 25.5. The molecule has 6 unspecified atom stereocenters. The summed E-state index contributed by atoms with van der Waals surface area (Å²) in [6.45, 7) is 3.75. The van der Waals surface area contributed by atoms with E-state index in [2.05, 4.69) is 50.3 Å². The van der Waals surface area contributed by atoms with E-state index in [1.165, 1.54) is 116 Å². The molecule has 6 atom stereocenters. The lowest BCUT2D eigenvalue weighted by Crippen LogP contribution is -2.60. The molecule has 0 radical (unpaired) electrons. The molecule has 374 valence electrons. The Balaban J connectivity index is 2.39. The molecule has 1 heterocycles. The maximum Gasteiger partial charge on any atom is 0.306 e. The number of allylic oxidation sites excluding steroid dienone is 6.